The zero-order valence-corrected chi connectivity index (χ0v) is 11.8. The van der Waals surface area contributed by atoms with Gasteiger partial charge in [0.15, 0.2) is 0 Å². The lowest BCUT2D eigenvalue weighted by molar-refractivity contribution is 0.0928. The molecule has 100 valence electrons. The highest BCUT2D eigenvalue weighted by atomic mass is 35.5. The van der Waals surface area contributed by atoms with Crippen molar-refractivity contribution < 1.29 is 9.90 Å². The predicted octanol–water partition coefficient (Wildman–Crippen LogP) is 2.79. The van der Waals surface area contributed by atoms with E-state index in [0.717, 1.165) is 5.56 Å². The molecule has 4 heteroatoms. The maximum atomic E-state index is 11.9. The highest BCUT2D eigenvalue weighted by molar-refractivity contribution is 6.31. The Morgan fingerprint density at radius 2 is 2.11 bits per heavy atom. The van der Waals surface area contributed by atoms with Crippen LogP contribution in [0.5, 0.6) is 0 Å². The summed E-state index contributed by atoms with van der Waals surface area (Å²) in [6.45, 7) is 6.56. The summed E-state index contributed by atoms with van der Waals surface area (Å²) in [5.41, 5.74) is 1.40. The van der Waals surface area contributed by atoms with Gasteiger partial charge in [-0.2, -0.15) is 0 Å². The normalized spacial score (nSPS) is 11.4. The minimum Gasteiger partial charge on any atom is -0.396 e. The molecule has 0 radical (unpaired) electrons. The van der Waals surface area contributed by atoms with Crippen LogP contribution in [0, 0.1) is 12.3 Å². The molecule has 0 bridgehead atoms. The molecule has 0 fully saturated rings. The summed E-state index contributed by atoms with van der Waals surface area (Å²) in [7, 11) is 0. The largest absolute Gasteiger partial charge is 0.396 e. The first-order valence-corrected chi connectivity index (χ1v) is 6.39. The fourth-order valence-corrected chi connectivity index (χ4v) is 1.73. The van der Waals surface area contributed by atoms with E-state index in [2.05, 4.69) is 5.32 Å². The van der Waals surface area contributed by atoms with E-state index < -0.39 is 0 Å². The second kappa shape index (κ2) is 6.21. The monoisotopic (exact) mass is 269 g/mol. The van der Waals surface area contributed by atoms with Crippen LogP contribution in [0.1, 0.15) is 36.2 Å². The van der Waals surface area contributed by atoms with Gasteiger partial charge in [0.25, 0.3) is 5.91 Å². The fraction of sp³-hybridized carbons (Fsp3) is 0.500. The van der Waals surface area contributed by atoms with Crippen molar-refractivity contribution in [3.05, 3.63) is 34.3 Å². The number of aryl methyl sites for hydroxylation is 1. The second-order valence-electron chi connectivity index (χ2n) is 5.28. The Hall–Kier alpha value is -1.06. The summed E-state index contributed by atoms with van der Waals surface area (Å²) in [6, 6.07) is 5.26. The van der Waals surface area contributed by atoms with Gasteiger partial charge in [0.05, 0.1) is 0 Å². The maximum Gasteiger partial charge on any atom is 0.251 e. The van der Waals surface area contributed by atoms with Crippen LogP contribution in [0.4, 0.5) is 0 Å². The summed E-state index contributed by atoms with van der Waals surface area (Å²) in [5, 5.41) is 12.4. The van der Waals surface area contributed by atoms with Crippen molar-refractivity contribution in [1.82, 2.24) is 5.32 Å². The Labute approximate surface area is 113 Å². The third kappa shape index (κ3) is 4.31. The number of hydrogen-bond donors (Lipinski definition) is 2. The Morgan fingerprint density at radius 1 is 1.44 bits per heavy atom. The van der Waals surface area contributed by atoms with Crippen molar-refractivity contribution in [2.24, 2.45) is 5.41 Å². The number of aliphatic hydroxyl groups excluding tert-OH is 1. The van der Waals surface area contributed by atoms with Crippen molar-refractivity contribution in [3.63, 3.8) is 0 Å². The van der Waals surface area contributed by atoms with Gasteiger partial charge in [-0.1, -0.05) is 31.5 Å². The quantitative estimate of drug-likeness (QED) is 0.864. The molecule has 1 aromatic carbocycles. The molecule has 0 aliphatic heterocycles. The Balaban J connectivity index is 2.63. The molecular formula is C14H20ClNO2. The van der Waals surface area contributed by atoms with Crippen LogP contribution in [-0.4, -0.2) is 24.2 Å². The van der Waals surface area contributed by atoms with Gasteiger partial charge in [-0.25, -0.2) is 0 Å². The highest BCUT2D eigenvalue weighted by Crippen LogP contribution is 2.19. The molecule has 0 aliphatic carbocycles. The van der Waals surface area contributed by atoms with E-state index in [0.29, 0.717) is 23.6 Å². The fourth-order valence-electron chi connectivity index (χ4n) is 1.55. The number of benzene rings is 1. The van der Waals surface area contributed by atoms with Gasteiger partial charge >= 0.3 is 0 Å². The molecule has 0 aliphatic rings. The van der Waals surface area contributed by atoms with Crippen LogP contribution < -0.4 is 5.32 Å². The molecule has 0 atom stereocenters. The van der Waals surface area contributed by atoms with Crippen molar-refractivity contribution >= 4 is 17.5 Å². The van der Waals surface area contributed by atoms with E-state index in [1.165, 1.54) is 0 Å². The van der Waals surface area contributed by atoms with E-state index >= 15 is 0 Å². The molecule has 2 N–H and O–H groups in total. The third-order valence-corrected chi connectivity index (χ3v) is 3.36. The van der Waals surface area contributed by atoms with Gasteiger partial charge in [0.1, 0.15) is 0 Å². The van der Waals surface area contributed by atoms with Crippen molar-refractivity contribution in [2.75, 3.05) is 13.2 Å². The van der Waals surface area contributed by atoms with Crippen LogP contribution in [0.15, 0.2) is 18.2 Å². The number of halogens is 1. The number of amides is 1. The lowest BCUT2D eigenvalue weighted by Gasteiger charge is -2.23. The van der Waals surface area contributed by atoms with Gasteiger partial charge in [0.2, 0.25) is 0 Å². The molecule has 0 aromatic heterocycles. The average Bonchev–Trinajstić information content (AvgIpc) is 2.30. The molecule has 0 unspecified atom stereocenters. The van der Waals surface area contributed by atoms with Gasteiger partial charge < -0.3 is 10.4 Å². The molecule has 1 aromatic rings. The molecule has 1 rings (SSSR count). The Bertz CT molecular complexity index is 430. The van der Waals surface area contributed by atoms with Gasteiger partial charge in [0, 0.05) is 23.7 Å². The standard InChI is InChI=1S/C14H20ClNO2/c1-10-4-5-11(8-12(10)15)13(18)16-9-14(2,3)6-7-17/h4-5,8,17H,6-7,9H2,1-3H3,(H,16,18). The van der Waals surface area contributed by atoms with Crippen molar-refractivity contribution in [1.29, 1.82) is 0 Å². The lowest BCUT2D eigenvalue weighted by Crippen LogP contribution is -2.34. The molecule has 1 amide bonds. The number of carbonyl (C=O) groups is 1. The molecule has 0 saturated carbocycles. The average molecular weight is 270 g/mol. The second-order valence-corrected chi connectivity index (χ2v) is 5.69. The summed E-state index contributed by atoms with van der Waals surface area (Å²) in [6.07, 6.45) is 0.655. The van der Waals surface area contributed by atoms with Crippen LogP contribution in [0.25, 0.3) is 0 Å². The molecule has 3 nitrogen and oxygen atoms in total. The number of hydrogen-bond acceptors (Lipinski definition) is 2. The zero-order chi connectivity index (χ0) is 13.8. The molecular weight excluding hydrogens is 250 g/mol. The van der Waals surface area contributed by atoms with Gasteiger partial charge in [-0.15, -0.1) is 0 Å². The Morgan fingerprint density at radius 3 is 2.67 bits per heavy atom. The molecule has 0 saturated heterocycles. The first kappa shape index (κ1) is 15.0. The summed E-state index contributed by atoms with van der Waals surface area (Å²) in [4.78, 5) is 11.9. The van der Waals surface area contributed by atoms with Crippen LogP contribution in [0.2, 0.25) is 5.02 Å². The zero-order valence-electron chi connectivity index (χ0n) is 11.1. The van der Waals surface area contributed by atoms with E-state index in [9.17, 15) is 4.79 Å². The first-order valence-electron chi connectivity index (χ1n) is 6.01. The maximum absolute atomic E-state index is 11.9. The van der Waals surface area contributed by atoms with Gasteiger partial charge in [-0.3, -0.25) is 4.79 Å². The van der Waals surface area contributed by atoms with E-state index in [1.807, 2.05) is 26.8 Å². The number of nitrogens with one attached hydrogen (secondary N) is 1. The van der Waals surface area contributed by atoms with Crippen LogP contribution in [-0.2, 0) is 0 Å². The summed E-state index contributed by atoms with van der Waals surface area (Å²) in [5.74, 6) is -0.136. The molecule has 18 heavy (non-hydrogen) atoms. The van der Waals surface area contributed by atoms with Gasteiger partial charge in [-0.05, 0) is 36.5 Å². The Kier molecular flexibility index (Phi) is 5.17. The molecule has 0 spiro atoms. The number of carbonyl (C=O) groups excluding carboxylic acids is 1. The first-order chi connectivity index (χ1) is 8.35. The SMILES string of the molecule is Cc1ccc(C(=O)NCC(C)(C)CCO)cc1Cl. The minimum absolute atomic E-state index is 0.112. The van der Waals surface area contributed by atoms with E-state index in [-0.39, 0.29) is 17.9 Å². The van der Waals surface area contributed by atoms with Crippen molar-refractivity contribution in [2.45, 2.75) is 27.2 Å². The minimum atomic E-state index is -0.136. The van der Waals surface area contributed by atoms with E-state index in [4.69, 9.17) is 16.7 Å². The predicted molar refractivity (Wildman–Crippen MR) is 74.0 cm³/mol. The molecule has 0 heterocycles. The lowest BCUT2D eigenvalue weighted by atomic mass is 9.89. The summed E-state index contributed by atoms with van der Waals surface area (Å²) >= 11 is 5.98. The van der Waals surface area contributed by atoms with E-state index in [1.54, 1.807) is 12.1 Å². The van der Waals surface area contributed by atoms with Crippen molar-refractivity contribution in [3.8, 4) is 0 Å². The summed E-state index contributed by atoms with van der Waals surface area (Å²) < 4.78 is 0. The number of aliphatic hydroxyl groups is 1. The number of rotatable bonds is 5. The van der Waals surface area contributed by atoms with Crippen LogP contribution >= 0.6 is 11.6 Å². The highest BCUT2D eigenvalue weighted by Gasteiger charge is 2.18. The van der Waals surface area contributed by atoms with Crippen LogP contribution in [0.3, 0.4) is 0 Å². The third-order valence-electron chi connectivity index (χ3n) is 2.95. The smallest absolute Gasteiger partial charge is 0.251 e. The topological polar surface area (TPSA) is 49.3 Å².